The van der Waals surface area contributed by atoms with Gasteiger partial charge in [0.15, 0.2) is 0 Å². The fourth-order valence-electron chi connectivity index (χ4n) is 3.28. The highest BCUT2D eigenvalue weighted by atomic mass is 16.5. The van der Waals surface area contributed by atoms with Gasteiger partial charge in [0.1, 0.15) is 0 Å². The third kappa shape index (κ3) is 7.33. The number of rotatable bonds is 0. The lowest BCUT2D eigenvalue weighted by molar-refractivity contribution is -0.0293. The Balaban J connectivity index is 0.000000132. The SMILES string of the molecule is CC1COCCN1C.CN1CC2CCC(C1)O2.CN1CCOCC1. The Morgan fingerprint density at radius 2 is 1.33 bits per heavy atom. The van der Waals surface area contributed by atoms with Crippen molar-refractivity contribution in [3.63, 3.8) is 0 Å². The van der Waals surface area contributed by atoms with Crippen LogP contribution in [0.5, 0.6) is 0 Å². The molecule has 4 saturated heterocycles. The highest BCUT2D eigenvalue weighted by molar-refractivity contribution is 4.82. The van der Waals surface area contributed by atoms with Crippen LogP contribution in [0.3, 0.4) is 0 Å². The van der Waals surface area contributed by atoms with Crippen molar-refractivity contribution in [2.24, 2.45) is 0 Å². The Hall–Kier alpha value is -0.240. The van der Waals surface area contributed by atoms with E-state index in [2.05, 4.69) is 42.8 Å². The number of hydrogen-bond donors (Lipinski definition) is 0. The van der Waals surface area contributed by atoms with Crippen LogP contribution >= 0.6 is 0 Å². The van der Waals surface area contributed by atoms with E-state index >= 15 is 0 Å². The largest absolute Gasteiger partial charge is 0.379 e. The molecule has 0 saturated carbocycles. The van der Waals surface area contributed by atoms with Crippen LogP contribution in [-0.2, 0) is 14.2 Å². The predicted molar refractivity (Wildman–Crippen MR) is 96.6 cm³/mol. The molecule has 4 heterocycles. The number of nitrogens with zero attached hydrogens (tertiary/aromatic N) is 3. The van der Waals surface area contributed by atoms with E-state index in [-0.39, 0.29) is 0 Å². The molecular weight excluding hydrogens is 306 g/mol. The topological polar surface area (TPSA) is 37.4 Å². The molecule has 4 aliphatic heterocycles. The van der Waals surface area contributed by atoms with Gasteiger partial charge in [-0.3, -0.25) is 4.90 Å². The first kappa shape index (κ1) is 20.1. The summed E-state index contributed by atoms with van der Waals surface area (Å²) in [5.41, 5.74) is 0. The van der Waals surface area contributed by atoms with Crippen molar-refractivity contribution in [2.45, 2.75) is 38.0 Å². The molecule has 6 nitrogen and oxygen atoms in total. The minimum atomic E-state index is 0.564. The molecule has 0 radical (unpaired) electrons. The monoisotopic (exact) mass is 343 g/mol. The fourth-order valence-corrected chi connectivity index (χ4v) is 3.28. The molecule has 3 unspecified atom stereocenters. The lowest BCUT2D eigenvalue weighted by Crippen LogP contribution is -2.40. The van der Waals surface area contributed by atoms with Gasteiger partial charge >= 0.3 is 0 Å². The molecule has 4 aliphatic rings. The van der Waals surface area contributed by atoms with Gasteiger partial charge < -0.3 is 24.0 Å². The standard InChI is InChI=1S/C7H13NO.C6H13NO.C5H11NO/c1-8-4-6-2-3-7(5-8)9-6;1-6-5-8-4-3-7(6)2;1-6-2-4-7-5-3-6/h6-7H,2-5H2,1H3;6H,3-5H2,1-2H3;2-5H2,1H3. The van der Waals surface area contributed by atoms with Gasteiger partial charge in [0.05, 0.1) is 38.6 Å². The van der Waals surface area contributed by atoms with E-state index in [1.54, 1.807) is 0 Å². The first-order valence-corrected chi connectivity index (χ1v) is 9.43. The first-order chi connectivity index (χ1) is 11.5. The number of likely N-dealkylation sites (tertiary alicyclic amines) is 1. The minimum absolute atomic E-state index is 0.564. The maximum atomic E-state index is 5.63. The average molecular weight is 344 g/mol. The zero-order valence-electron chi connectivity index (χ0n) is 16.1. The molecule has 2 bridgehead atoms. The molecule has 0 N–H and O–H groups in total. The van der Waals surface area contributed by atoms with Crippen LogP contribution < -0.4 is 0 Å². The summed E-state index contributed by atoms with van der Waals surface area (Å²) < 4.78 is 15.9. The van der Waals surface area contributed by atoms with Crippen LogP contribution in [0.1, 0.15) is 19.8 Å². The lowest BCUT2D eigenvalue weighted by atomic mass is 10.2. The Bertz CT molecular complexity index is 317. The molecule has 0 amide bonds. The van der Waals surface area contributed by atoms with Crippen LogP contribution in [-0.4, -0.2) is 113 Å². The van der Waals surface area contributed by atoms with Gasteiger partial charge in [-0.05, 0) is 40.9 Å². The Labute approximate surface area is 148 Å². The van der Waals surface area contributed by atoms with Gasteiger partial charge in [-0.25, -0.2) is 0 Å². The van der Waals surface area contributed by atoms with E-state index < -0.39 is 0 Å². The molecule has 0 aromatic heterocycles. The van der Waals surface area contributed by atoms with Gasteiger partial charge in [0.2, 0.25) is 0 Å². The van der Waals surface area contributed by atoms with E-state index in [0.29, 0.717) is 18.2 Å². The van der Waals surface area contributed by atoms with E-state index in [9.17, 15) is 0 Å². The third-order valence-electron chi connectivity index (χ3n) is 5.16. The van der Waals surface area contributed by atoms with Gasteiger partial charge in [-0.15, -0.1) is 0 Å². The summed E-state index contributed by atoms with van der Waals surface area (Å²) in [6.45, 7) is 11.4. The predicted octanol–water partition coefficient (Wildman–Crippen LogP) is 0.765. The van der Waals surface area contributed by atoms with Crippen LogP contribution in [0.25, 0.3) is 0 Å². The molecule has 6 heteroatoms. The highest BCUT2D eigenvalue weighted by Crippen LogP contribution is 2.24. The van der Waals surface area contributed by atoms with Crippen LogP contribution in [0.4, 0.5) is 0 Å². The number of likely N-dealkylation sites (N-methyl/N-ethyl adjacent to an activating group) is 3. The van der Waals surface area contributed by atoms with Gasteiger partial charge in [-0.2, -0.15) is 0 Å². The minimum Gasteiger partial charge on any atom is -0.379 e. The van der Waals surface area contributed by atoms with Crippen LogP contribution in [0, 0.1) is 0 Å². The molecule has 142 valence electrons. The quantitative estimate of drug-likeness (QED) is 0.647. The average Bonchev–Trinajstić information content (AvgIpc) is 2.91. The van der Waals surface area contributed by atoms with Crippen molar-refractivity contribution in [3.8, 4) is 0 Å². The summed E-state index contributed by atoms with van der Waals surface area (Å²) in [5, 5.41) is 0. The second kappa shape index (κ2) is 10.7. The Morgan fingerprint density at radius 1 is 0.750 bits per heavy atom. The van der Waals surface area contributed by atoms with Gasteiger partial charge in [0, 0.05) is 38.8 Å². The van der Waals surface area contributed by atoms with Crippen molar-refractivity contribution < 1.29 is 14.2 Å². The van der Waals surface area contributed by atoms with Crippen molar-refractivity contribution in [1.29, 1.82) is 0 Å². The van der Waals surface area contributed by atoms with Crippen molar-refractivity contribution >= 4 is 0 Å². The maximum Gasteiger partial charge on any atom is 0.0707 e. The summed E-state index contributed by atoms with van der Waals surface area (Å²) in [6, 6.07) is 0.615. The molecule has 24 heavy (non-hydrogen) atoms. The smallest absolute Gasteiger partial charge is 0.0707 e. The summed E-state index contributed by atoms with van der Waals surface area (Å²) in [7, 11) is 6.42. The van der Waals surface area contributed by atoms with E-state index in [1.807, 2.05) is 0 Å². The second-order valence-corrected chi connectivity index (χ2v) is 7.50. The second-order valence-electron chi connectivity index (χ2n) is 7.50. The molecule has 0 aromatic carbocycles. The van der Waals surface area contributed by atoms with Gasteiger partial charge in [0.25, 0.3) is 0 Å². The summed E-state index contributed by atoms with van der Waals surface area (Å²) in [4.78, 5) is 6.94. The number of ether oxygens (including phenoxy) is 3. The molecular formula is C18H37N3O3. The number of hydrogen-bond acceptors (Lipinski definition) is 6. The summed E-state index contributed by atoms with van der Waals surface area (Å²) in [6.07, 6.45) is 3.70. The van der Waals surface area contributed by atoms with E-state index in [1.165, 1.54) is 12.8 Å². The summed E-state index contributed by atoms with van der Waals surface area (Å²) in [5.74, 6) is 0. The number of morpholine rings is 3. The molecule has 3 atom stereocenters. The van der Waals surface area contributed by atoms with Crippen molar-refractivity contribution in [2.75, 3.05) is 80.3 Å². The van der Waals surface area contributed by atoms with Crippen molar-refractivity contribution in [3.05, 3.63) is 0 Å². The fraction of sp³-hybridized carbons (Fsp3) is 1.00. The Morgan fingerprint density at radius 3 is 1.75 bits per heavy atom. The molecule has 4 fully saturated rings. The van der Waals surface area contributed by atoms with Gasteiger partial charge in [-0.1, -0.05) is 0 Å². The number of fused-ring (bicyclic) bond motifs is 2. The zero-order chi connectivity index (χ0) is 17.4. The Kier molecular flexibility index (Phi) is 8.94. The third-order valence-corrected chi connectivity index (χ3v) is 5.16. The molecule has 0 aromatic rings. The molecule has 0 aliphatic carbocycles. The van der Waals surface area contributed by atoms with Crippen molar-refractivity contribution in [1.82, 2.24) is 14.7 Å². The first-order valence-electron chi connectivity index (χ1n) is 9.43. The molecule has 4 rings (SSSR count). The lowest BCUT2D eigenvalue weighted by Gasteiger charge is -2.29. The van der Waals surface area contributed by atoms with Crippen LogP contribution in [0.15, 0.2) is 0 Å². The van der Waals surface area contributed by atoms with Crippen LogP contribution in [0.2, 0.25) is 0 Å². The van der Waals surface area contributed by atoms with E-state index in [4.69, 9.17) is 14.2 Å². The zero-order valence-corrected chi connectivity index (χ0v) is 16.1. The van der Waals surface area contributed by atoms with E-state index in [0.717, 1.165) is 59.2 Å². The normalized spacial score (nSPS) is 34.8. The maximum absolute atomic E-state index is 5.63. The molecule has 0 spiro atoms. The summed E-state index contributed by atoms with van der Waals surface area (Å²) >= 11 is 0. The highest BCUT2D eigenvalue weighted by Gasteiger charge is 2.31.